The van der Waals surface area contributed by atoms with Gasteiger partial charge < -0.3 is 19.9 Å². The molecule has 3 amide bonds. The van der Waals surface area contributed by atoms with Crippen molar-refractivity contribution >= 4 is 28.7 Å². The SMILES string of the molecule is Cc1cc(CC(OC(=O)N2CCC(N3Cc4cccc(F)c4NC3=O)CC2)c2cccnc2)cc2cn[nH]c12. The maximum atomic E-state index is 14.1. The fraction of sp³-hybridized carbons (Fsp3) is 0.310. The maximum Gasteiger partial charge on any atom is 0.410 e. The van der Waals surface area contributed by atoms with Gasteiger partial charge in [0.1, 0.15) is 11.9 Å². The number of amides is 3. The maximum absolute atomic E-state index is 14.1. The zero-order valence-corrected chi connectivity index (χ0v) is 21.6. The zero-order valence-electron chi connectivity index (χ0n) is 21.6. The minimum absolute atomic E-state index is 0.0516. The predicted molar refractivity (Wildman–Crippen MR) is 144 cm³/mol. The Bertz CT molecular complexity index is 1520. The molecule has 0 radical (unpaired) electrons. The van der Waals surface area contributed by atoms with Crippen molar-refractivity contribution in [1.82, 2.24) is 25.0 Å². The lowest BCUT2D eigenvalue weighted by atomic mass is 9.99. The highest BCUT2D eigenvalue weighted by atomic mass is 19.1. The van der Waals surface area contributed by atoms with Crippen molar-refractivity contribution in [2.24, 2.45) is 0 Å². The van der Waals surface area contributed by atoms with Crippen molar-refractivity contribution in [3.05, 3.63) is 89.1 Å². The van der Waals surface area contributed by atoms with E-state index in [-0.39, 0.29) is 23.9 Å². The Balaban J connectivity index is 1.12. The van der Waals surface area contributed by atoms with Crippen LogP contribution in [0, 0.1) is 12.7 Å². The summed E-state index contributed by atoms with van der Waals surface area (Å²) in [4.78, 5) is 33.7. The van der Waals surface area contributed by atoms with E-state index in [9.17, 15) is 14.0 Å². The number of nitrogens with one attached hydrogen (secondary N) is 2. The lowest BCUT2D eigenvalue weighted by Gasteiger charge is -2.40. The second-order valence-electron chi connectivity index (χ2n) is 10.2. The van der Waals surface area contributed by atoms with Crippen molar-refractivity contribution < 1.29 is 18.7 Å². The molecule has 1 fully saturated rings. The number of nitrogens with zero attached hydrogens (tertiary/aromatic N) is 4. The Labute approximate surface area is 225 Å². The van der Waals surface area contributed by atoms with E-state index in [1.807, 2.05) is 25.1 Å². The average Bonchev–Trinajstić information content (AvgIpc) is 3.43. The number of hydrogen-bond acceptors (Lipinski definition) is 5. The number of aromatic nitrogens is 3. The van der Waals surface area contributed by atoms with E-state index in [4.69, 9.17) is 4.74 Å². The summed E-state index contributed by atoms with van der Waals surface area (Å²) in [7, 11) is 0. The van der Waals surface area contributed by atoms with Gasteiger partial charge in [-0.25, -0.2) is 14.0 Å². The normalized spacial score (nSPS) is 16.6. The third kappa shape index (κ3) is 5.01. The van der Waals surface area contributed by atoms with Crippen molar-refractivity contribution in [1.29, 1.82) is 0 Å². The second-order valence-corrected chi connectivity index (χ2v) is 10.2. The lowest BCUT2D eigenvalue weighted by Crippen LogP contribution is -2.51. The molecular formula is C29H29FN6O3. The van der Waals surface area contributed by atoms with Gasteiger partial charge in [-0.2, -0.15) is 5.10 Å². The minimum Gasteiger partial charge on any atom is -0.441 e. The summed E-state index contributed by atoms with van der Waals surface area (Å²) < 4.78 is 20.2. The Hall–Kier alpha value is -4.47. The van der Waals surface area contributed by atoms with Crippen LogP contribution in [0.25, 0.3) is 10.9 Å². The average molecular weight is 529 g/mol. The smallest absolute Gasteiger partial charge is 0.410 e. The van der Waals surface area contributed by atoms with Gasteiger partial charge in [-0.3, -0.25) is 10.1 Å². The number of halogens is 1. The Morgan fingerprint density at radius 2 is 2.03 bits per heavy atom. The van der Waals surface area contributed by atoms with Crippen LogP contribution < -0.4 is 5.32 Å². The van der Waals surface area contributed by atoms with Crippen LogP contribution in [0.4, 0.5) is 19.7 Å². The Morgan fingerprint density at radius 3 is 2.82 bits per heavy atom. The van der Waals surface area contributed by atoms with Gasteiger partial charge in [0, 0.05) is 55.4 Å². The molecule has 6 rings (SSSR count). The summed E-state index contributed by atoms with van der Waals surface area (Å²) >= 11 is 0. The van der Waals surface area contributed by atoms with E-state index >= 15 is 0 Å². The van der Waals surface area contributed by atoms with Crippen LogP contribution in [-0.2, 0) is 17.7 Å². The van der Waals surface area contributed by atoms with E-state index in [2.05, 4.69) is 32.6 Å². The van der Waals surface area contributed by atoms with E-state index in [0.717, 1.165) is 33.2 Å². The second kappa shape index (κ2) is 10.4. The third-order valence-electron chi connectivity index (χ3n) is 7.62. The number of carbonyl (C=O) groups is 2. The Morgan fingerprint density at radius 1 is 1.18 bits per heavy atom. The van der Waals surface area contributed by atoms with Gasteiger partial charge >= 0.3 is 12.1 Å². The first kappa shape index (κ1) is 24.8. The van der Waals surface area contributed by atoms with E-state index in [1.165, 1.54) is 6.07 Å². The number of benzene rings is 2. The fourth-order valence-electron chi connectivity index (χ4n) is 5.56. The van der Waals surface area contributed by atoms with Gasteiger partial charge in [-0.05, 0) is 54.7 Å². The highest BCUT2D eigenvalue weighted by Crippen LogP contribution is 2.31. The number of ether oxygens (including phenoxy) is 1. The molecule has 1 saturated heterocycles. The van der Waals surface area contributed by atoms with Gasteiger partial charge in [0.15, 0.2) is 0 Å². The van der Waals surface area contributed by atoms with Crippen molar-refractivity contribution in [3.8, 4) is 0 Å². The molecule has 4 aromatic rings. The summed E-state index contributed by atoms with van der Waals surface area (Å²) in [5.74, 6) is -0.430. The van der Waals surface area contributed by atoms with Crippen molar-refractivity contribution in [2.75, 3.05) is 18.4 Å². The number of anilines is 1. The summed E-state index contributed by atoms with van der Waals surface area (Å²) in [5, 5.41) is 10.8. The molecule has 1 unspecified atom stereocenters. The van der Waals surface area contributed by atoms with Crippen LogP contribution in [0.3, 0.4) is 0 Å². The first-order valence-corrected chi connectivity index (χ1v) is 13.1. The molecule has 0 bridgehead atoms. The monoisotopic (exact) mass is 528 g/mol. The van der Waals surface area contributed by atoms with Gasteiger partial charge in [0.05, 0.1) is 17.4 Å². The molecule has 2 aliphatic heterocycles. The molecule has 39 heavy (non-hydrogen) atoms. The molecule has 10 heteroatoms. The van der Waals surface area contributed by atoms with Crippen LogP contribution in [0.1, 0.15) is 41.2 Å². The molecule has 2 aliphatic rings. The topological polar surface area (TPSA) is 103 Å². The number of para-hydroxylation sites is 1. The summed E-state index contributed by atoms with van der Waals surface area (Å²) in [6, 6.07) is 12.3. The quantitative estimate of drug-likeness (QED) is 0.364. The number of fused-ring (bicyclic) bond motifs is 2. The van der Waals surface area contributed by atoms with Crippen LogP contribution in [0.5, 0.6) is 0 Å². The van der Waals surface area contributed by atoms with E-state index in [0.29, 0.717) is 38.9 Å². The number of aromatic amines is 1. The number of likely N-dealkylation sites (tertiary alicyclic amines) is 1. The molecule has 0 spiro atoms. The largest absolute Gasteiger partial charge is 0.441 e. The highest BCUT2D eigenvalue weighted by Gasteiger charge is 2.34. The standard InChI is InChI=1S/C29H29FN6O3/c1-18-12-19(13-22-16-32-34-26(18)22)14-25(20-5-3-9-31-15-20)39-29(38)35-10-7-23(8-11-35)36-17-21-4-2-6-24(30)27(21)33-28(36)37/h2-6,9,12-13,15-16,23,25H,7-8,10-11,14,17H2,1H3,(H,32,34)(H,33,37). The van der Waals surface area contributed by atoms with Gasteiger partial charge in [0.2, 0.25) is 0 Å². The number of rotatable bonds is 5. The van der Waals surface area contributed by atoms with Crippen LogP contribution >= 0.6 is 0 Å². The molecule has 200 valence electrons. The van der Waals surface area contributed by atoms with Crippen LogP contribution in [0.2, 0.25) is 0 Å². The first-order chi connectivity index (χ1) is 19.0. The van der Waals surface area contributed by atoms with Crippen molar-refractivity contribution in [3.63, 3.8) is 0 Å². The molecule has 2 aromatic carbocycles. The van der Waals surface area contributed by atoms with E-state index in [1.54, 1.807) is 34.5 Å². The minimum atomic E-state index is -0.507. The highest BCUT2D eigenvalue weighted by molar-refractivity contribution is 5.92. The zero-order chi connectivity index (χ0) is 26.9. The molecule has 9 nitrogen and oxygen atoms in total. The van der Waals surface area contributed by atoms with E-state index < -0.39 is 11.9 Å². The number of carbonyl (C=O) groups excluding carboxylic acids is 2. The third-order valence-corrected chi connectivity index (χ3v) is 7.62. The number of pyridine rings is 1. The molecule has 1 atom stereocenters. The van der Waals surface area contributed by atoms with Crippen LogP contribution in [-0.4, -0.2) is 56.2 Å². The summed E-state index contributed by atoms with van der Waals surface area (Å²) in [6.45, 7) is 3.29. The van der Waals surface area contributed by atoms with Gasteiger partial charge in [0.25, 0.3) is 0 Å². The summed E-state index contributed by atoms with van der Waals surface area (Å²) in [5.41, 5.74) is 4.93. The number of H-pyrrole nitrogens is 1. The van der Waals surface area contributed by atoms with Gasteiger partial charge in [-0.1, -0.05) is 24.3 Å². The molecular weight excluding hydrogens is 499 g/mol. The number of piperidine rings is 1. The lowest BCUT2D eigenvalue weighted by molar-refractivity contribution is 0.0476. The molecule has 0 saturated carbocycles. The fourth-order valence-corrected chi connectivity index (χ4v) is 5.56. The number of aryl methyl sites for hydroxylation is 1. The first-order valence-electron chi connectivity index (χ1n) is 13.1. The number of hydrogen-bond donors (Lipinski definition) is 2. The Kier molecular flexibility index (Phi) is 6.60. The molecule has 2 aromatic heterocycles. The van der Waals surface area contributed by atoms with Crippen molar-refractivity contribution in [2.45, 2.75) is 44.9 Å². The van der Waals surface area contributed by atoms with Crippen LogP contribution in [0.15, 0.2) is 61.1 Å². The molecule has 4 heterocycles. The molecule has 2 N–H and O–H groups in total. The van der Waals surface area contributed by atoms with Gasteiger partial charge in [-0.15, -0.1) is 0 Å². The summed E-state index contributed by atoms with van der Waals surface area (Å²) in [6.07, 6.45) is 6.04. The predicted octanol–water partition coefficient (Wildman–Crippen LogP) is 5.34. The number of urea groups is 1. The molecule has 0 aliphatic carbocycles.